The summed E-state index contributed by atoms with van der Waals surface area (Å²) in [6.45, 7) is 0. The summed E-state index contributed by atoms with van der Waals surface area (Å²) < 4.78 is 14.9. The Labute approximate surface area is 291 Å². The van der Waals surface area contributed by atoms with Crippen molar-refractivity contribution < 1.29 is 8.83 Å². The van der Waals surface area contributed by atoms with Gasteiger partial charge < -0.3 is 8.83 Å². The van der Waals surface area contributed by atoms with E-state index >= 15 is 0 Å². The van der Waals surface area contributed by atoms with Gasteiger partial charge in [-0.2, -0.15) is 9.97 Å². The number of para-hydroxylation sites is 3. The Morgan fingerprint density at radius 2 is 1.12 bits per heavy atom. The molecular formula is C45H28N4O2. The lowest BCUT2D eigenvalue weighted by Gasteiger charge is -2.12. The summed E-state index contributed by atoms with van der Waals surface area (Å²) >= 11 is 0. The van der Waals surface area contributed by atoms with Crippen LogP contribution in [0.1, 0.15) is 18.7 Å². The minimum atomic E-state index is 0.580. The van der Waals surface area contributed by atoms with Crippen LogP contribution in [0.15, 0.2) is 154 Å². The number of aromatic nitrogens is 4. The van der Waals surface area contributed by atoms with Gasteiger partial charge in [0.2, 0.25) is 5.95 Å². The molecule has 0 amide bonds. The van der Waals surface area contributed by atoms with E-state index in [4.69, 9.17) is 23.8 Å². The van der Waals surface area contributed by atoms with Crippen molar-refractivity contribution in [1.29, 1.82) is 0 Å². The molecule has 0 atom stereocenters. The van der Waals surface area contributed by atoms with E-state index in [0.29, 0.717) is 17.6 Å². The fourth-order valence-electron chi connectivity index (χ4n) is 7.83. The third-order valence-corrected chi connectivity index (χ3v) is 10.1. The number of rotatable bonds is 4. The van der Waals surface area contributed by atoms with Crippen LogP contribution in [0.2, 0.25) is 0 Å². The van der Waals surface area contributed by atoms with E-state index in [0.717, 1.165) is 101 Å². The molecule has 6 heteroatoms. The predicted octanol–water partition coefficient (Wildman–Crippen LogP) is 11.8. The van der Waals surface area contributed by atoms with Crippen LogP contribution in [0.5, 0.6) is 0 Å². The fraction of sp³-hybridized carbons (Fsp3) is 0.0444. The highest BCUT2D eigenvalue weighted by Crippen LogP contribution is 2.41. The van der Waals surface area contributed by atoms with Crippen LogP contribution in [-0.4, -0.2) is 19.5 Å². The smallest absolute Gasteiger partial charge is 0.238 e. The van der Waals surface area contributed by atoms with E-state index in [-0.39, 0.29) is 0 Å². The molecule has 0 aliphatic heterocycles. The molecule has 1 aliphatic carbocycles. The Morgan fingerprint density at radius 1 is 0.490 bits per heavy atom. The monoisotopic (exact) mass is 656 g/mol. The van der Waals surface area contributed by atoms with Crippen molar-refractivity contribution in [2.75, 3.05) is 0 Å². The van der Waals surface area contributed by atoms with Crippen LogP contribution in [0.4, 0.5) is 0 Å². The van der Waals surface area contributed by atoms with Crippen LogP contribution in [0.3, 0.4) is 0 Å². The Bertz CT molecular complexity index is 3050. The molecule has 0 bridgehead atoms. The van der Waals surface area contributed by atoms with E-state index in [1.165, 1.54) is 0 Å². The molecule has 4 aromatic heterocycles. The van der Waals surface area contributed by atoms with E-state index in [2.05, 4.69) is 120 Å². The second-order valence-corrected chi connectivity index (χ2v) is 13.1. The van der Waals surface area contributed by atoms with Gasteiger partial charge in [0.05, 0.1) is 11.0 Å². The third kappa shape index (κ3) is 4.26. The lowest BCUT2D eigenvalue weighted by molar-refractivity contribution is 0.669. The first-order chi connectivity index (χ1) is 25.3. The summed E-state index contributed by atoms with van der Waals surface area (Å²) in [4.78, 5) is 15.6. The maximum absolute atomic E-state index is 6.50. The molecule has 0 unspecified atom stereocenters. The molecule has 11 rings (SSSR count). The van der Waals surface area contributed by atoms with Crippen LogP contribution in [0, 0.1) is 0 Å². The van der Waals surface area contributed by atoms with Crippen molar-refractivity contribution in [2.45, 2.75) is 12.8 Å². The fourth-order valence-corrected chi connectivity index (χ4v) is 7.83. The normalized spacial score (nSPS) is 13.4. The van der Waals surface area contributed by atoms with Gasteiger partial charge in [0, 0.05) is 43.5 Å². The van der Waals surface area contributed by atoms with Crippen molar-refractivity contribution in [3.05, 3.63) is 151 Å². The molecule has 0 saturated heterocycles. The molecule has 240 valence electrons. The summed E-state index contributed by atoms with van der Waals surface area (Å²) in [5.41, 5.74) is 9.51. The average Bonchev–Trinajstić information content (AvgIpc) is 3.87. The molecule has 1 aliphatic rings. The lowest BCUT2D eigenvalue weighted by Crippen LogP contribution is -2.08. The Hall–Kier alpha value is -6.79. The Balaban J connectivity index is 1.17. The zero-order chi connectivity index (χ0) is 33.5. The first-order valence-electron chi connectivity index (χ1n) is 17.3. The van der Waals surface area contributed by atoms with Crippen LogP contribution in [-0.2, 0) is 0 Å². The molecule has 0 spiro atoms. The first-order valence-corrected chi connectivity index (χ1v) is 17.3. The maximum atomic E-state index is 6.50. The number of nitrogens with zero attached hydrogens (tertiary/aromatic N) is 4. The molecule has 6 nitrogen and oxygen atoms in total. The zero-order valence-corrected chi connectivity index (χ0v) is 27.4. The summed E-state index contributed by atoms with van der Waals surface area (Å²) in [7, 11) is 0. The molecule has 0 N–H and O–H groups in total. The number of benzene rings is 6. The van der Waals surface area contributed by atoms with Gasteiger partial charge in [0.1, 0.15) is 22.3 Å². The minimum Gasteiger partial charge on any atom is -0.456 e. The van der Waals surface area contributed by atoms with Gasteiger partial charge in [0.25, 0.3) is 0 Å². The predicted molar refractivity (Wildman–Crippen MR) is 206 cm³/mol. The van der Waals surface area contributed by atoms with Gasteiger partial charge >= 0.3 is 0 Å². The van der Waals surface area contributed by atoms with E-state index in [1.807, 2.05) is 30.3 Å². The topological polar surface area (TPSA) is 69.9 Å². The van der Waals surface area contributed by atoms with Crippen LogP contribution >= 0.6 is 0 Å². The van der Waals surface area contributed by atoms with E-state index in [1.54, 1.807) is 0 Å². The van der Waals surface area contributed by atoms with Crippen molar-refractivity contribution in [1.82, 2.24) is 19.5 Å². The average molecular weight is 657 g/mol. The Morgan fingerprint density at radius 3 is 1.86 bits per heavy atom. The molecule has 51 heavy (non-hydrogen) atoms. The van der Waals surface area contributed by atoms with E-state index < -0.39 is 0 Å². The zero-order valence-electron chi connectivity index (χ0n) is 27.4. The molecule has 0 fully saturated rings. The van der Waals surface area contributed by atoms with Crippen molar-refractivity contribution in [3.8, 4) is 28.5 Å². The minimum absolute atomic E-state index is 0.580. The second kappa shape index (κ2) is 10.9. The highest BCUT2D eigenvalue weighted by Gasteiger charge is 2.21. The van der Waals surface area contributed by atoms with E-state index in [9.17, 15) is 0 Å². The molecule has 0 radical (unpaired) electrons. The number of allylic oxidation sites excluding steroid dienone is 4. The third-order valence-electron chi connectivity index (χ3n) is 10.1. The van der Waals surface area contributed by atoms with Gasteiger partial charge in [-0.25, -0.2) is 4.98 Å². The highest BCUT2D eigenvalue weighted by molar-refractivity contribution is 6.16. The first kappa shape index (κ1) is 28.1. The quantitative estimate of drug-likeness (QED) is 0.189. The summed E-state index contributed by atoms with van der Waals surface area (Å²) in [5.74, 6) is 1.83. The van der Waals surface area contributed by atoms with Crippen molar-refractivity contribution >= 4 is 71.3 Å². The largest absolute Gasteiger partial charge is 0.456 e. The molecule has 4 heterocycles. The lowest BCUT2D eigenvalue weighted by atomic mass is 9.97. The standard InChI is InChI=1S/C45H28N4O2/c1-2-12-27(13-3-1)43-46-44(48-45(47-43)49-35-19-7-4-14-30(35)31-15-5-8-20-36(31)49)33-18-11-23-40-42(33)34-26-28(24-25-38(34)51-40)29-17-10-22-39-41(29)32-16-6-9-21-37(32)50-39/h2,4-26H,1,3H2. The number of hydrogen-bond acceptors (Lipinski definition) is 5. The number of fused-ring (bicyclic) bond motifs is 9. The van der Waals surface area contributed by atoms with Crippen LogP contribution in [0.25, 0.3) is 99.7 Å². The van der Waals surface area contributed by atoms with Crippen molar-refractivity contribution in [2.24, 2.45) is 0 Å². The van der Waals surface area contributed by atoms with Gasteiger partial charge in [-0.05, 0) is 66.4 Å². The SMILES string of the molecule is C1=CC(c2nc(-c3cccc4oc5ccc(-c6cccc7oc8ccccc8c67)cc5c34)nc(-n3c4ccccc4c4ccccc43)n2)=CCC1. The summed E-state index contributed by atoms with van der Waals surface area (Å²) in [5, 5.41) is 6.49. The van der Waals surface area contributed by atoms with Gasteiger partial charge in [-0.15, -0.1) is 0 Å². The van der Waals surface area contributed by atoms with Gasteiger partial charge in [-0.1, -0.05) is 103 Å². The maximum Gasteiger partial charge on any atom is 0.238 e. The summed E-state index contributed by atoms with van der Waals surface area (Å²) in [6.07, 6.45) is 8.48. The molecule has 6 aromatic carbocycles. The second-order valence-electron chi connectivity index (χ2n) is 13.1. The number of hydrogen-bond donors (Lipinski definition) is 0. The molecule has 0 saturated carbocycles. The number of furan rings is 2. The van der Waals surface area contributed by atoms with Crippen molar-refractivity contribution in [3.63, 3.8) is 0 Å². The van der Waals surface area contributed by atoms with Crippen LogP contribution < -0.4 is 0 Å². The Kier molecular flexibility index (Phi) is 5.98. The van der Waals surface area contributed by atoms with Gasteiger partial charge in [0.15, 0.2) is 11.6 Å². The van der Waals surface area contributed by atoms with Gasteiger partial charge in [-0.3, -0.25) is 4.57 Å². The molecular weight excluding hydrogens is 629 g/mol. The molecule has 10 aromatic rings. The highest BCUT2D eigenvalue weighted by atomic mass is 16.3. The summed E-state index contributed by atoms with van der Waals surface area (Å²) in [6, 6.07) is 43.9.